The fourth-order valence-electron chi connectivity index (χ4n) is 2.57. The predicted molar refractivity (Wildman–Crippen MR) is 97.7 cm³/mol. The number of carbonyl (C=O) groups excluding carboxylic acids is 1. The molecule has 0 fully saturated rings. The minimum absolute atomic E-state index is 0.135. The van der Waals surface area contributed by atoms with Crippen molar-refractivity contribution in [2.45, 2.75) is 13.3 Å². The third-order valence-corrected chi connectivity index (χ3v) is 4.72. The van der Waals surface area contributed by atoms with Crippen molar-refractivity contribution in [1.29, 1.82) is 5.26 Å². The van der Waals surface area contributed by atoms with E-state index in [2.05, 4.69) is 16.4 Å². The summed E-state index contributed by atoms with van der Waals surface area (Å²) in [4.78, 5) is 17.5. The lowest BCUT2D eigenvalue weighted by atomic mass is 10.1. The molecular weight excluding hydrogens is 318 g/mol. The fourth-order valence-corrected chi connectivity index (χ4v) is 3.39. The molecule has 3 aromatic rings. The number of para-hydroxylation sites is 1. The summed E-state index contributed by atoms with van der Waals surface area (Å²) in [5.74, 6) is -0.330. The van der Waals surface area contributed by atoms with E-state index < -0.39 is 0 Å². The van der Waals surface area contributed by atoms with Crippen LogP contribution in [0.1, 0.15) is 15.3 Å². The molecule has 2 aromatic heterocycles. The Morgan fingerprint density at radius 1 is 1.33 bits per heavy atom. The Bertz CT molecular complexity index is 943. The summed E-state index contributed by atoms with van der Waals surface area (Å²) in [7, 11) is 0. The van der Waals surface area contributed by atoms with Crippen LogP contribution < -0.4 is 5.32 Å². The Morgan fingerprint density at radius 2 is 2.17 bits per heavy atom. The van der Waals surface area contributed by atoms with Gasteiger partial charge in [0.2, 0.25) is 0 Å². The zero-order valence-electron chi connectivity index (χ0n) is 13.3. The number of nitrogens with zero attached hydrogens (tertiary/aromatic N) is 1. The summed E-state index contributed by atoms with van der Waals surface area (Å²) in [5.41, 5.74) is 2.38. The second-order valence-electron chi connectivity index (χ2n) is 5.48. The van der Waals surface area contributed by atoms with E-state index in [0.717, 1.165) is 26.2 Å². The maximum absolute atomic E-state index is 12.2. The third kappa shape index (κ3) is 3.55. The van der Waals surface area contributed by atoms with Gasteiger partial charge in [-0.3, -0.25) is 4.79 Å². The zero-order valence-corrected chi connectivity index (χ0v) is 14.1. The molecule has 0 spiro atoms. The third-order valence-electron chi connectivity index (χ3n) is 3.77. The average molecular weight is 335 g/mol. The molecule has 3 rings (SSSR count). The lowest BCUT2D eigenvalue weighted by Gasteiger charge is -2.03. The van der Waals surface area contributed by atoms with E-state index >= 15 is 0 Å². The van der Waals surface area contributed by atoms with Gasteiger partial charge in [-0.1, -0.05) is 18.2 Å². The van der Waals surface area contributed by atoms with Crippen molar-refractivity contribution < 1.29 is 4.79 Å². The number of fused-ring (bicyclic) bond motifs is 1. The molecule has 0 aliphatic rings. The molecule has 5 heteroatoms. The van der Waals surface area contributed by atoms with Crippen LogP contribution >= 0.6 is 11.3 Å². The SMILES string of the molecule is Cc1ccc(/C=C(/C#N)C(=O)NCCc2c[nH]c3ccccc23)s1. The molecule has 0 atom stereocenters. The molecule has 0 aliphatic carbocycles. The maximum atomic E-state index is 12.2. The lowest BCUT2D eigenvalue weighted by molar-refractivity contribution is -0.117. The molecule has 2 N–H and O–H groups in total. The van der Waals surface area contributed by atoms with E-state index in [1.165, 1.54) is 0 Å². The largest absolute Gasteiger partial charge is 0.361 e. The molecule has 0 saturated heterocycles. The van der Waals surface area contributed by atoms with E-state index in [4.69, 9.17) is 0 Å². The standard InChI is InChI=1S/C19H17N3OS/c1-13-6-7-16(24-13)10-15(11-20)19(23)21-9-8-14-12-22-18-5-3-2-4-17(14)18/h2-7,10,12,22H,8-9H2,1H3,(H,21,23)/b15-10-. The van der Waals surface area contributed by atoms with E-state index in [1.54, 1.807) is 17.4 Å². The van der Waals surface area contributed by atoms with Gasteiger partial charge in [0.05, 0.1) is 0 Å². The molecule has 0 saturated carbocycles. The Hall–Kier alpha value is -2.84. The van der Waals surface area contributed by atoms with Crippen LogP contribution in [0.2, 0.25) is 0 Å². The van der Waals surface area contributed by atoms with Crippen LogP contribution in [0.5, 0.6) is 0 Å². The number of hydrogen-bond donors (Lipinski definition) is 2. The highest BCUT2D eigenvalue weighted by molar-refractivity contribution is 7.12. The van der Waals surface area contributed by atoms with Crippen molar-refractivity contribution in [3.63, 3.8) is 0 Å². The first-order valence-electron chi connectivity index (χ1n) is 7.69. The number of aryl methyl sites for hydroxylation is 1. The number of aromatic nitrogens is 1. The molecule has 120 valence electrons. The Balaban J connectivity index is 1.62. The first kappa shape index (κ1) is 16.0. The normalized spacial score (nSPS) is 11.4. The summed E-state index contributed by atoms with van der Waals surface area (Å²) >= 11 is 1.56. The number of benzene rings is 1. The van der Waals surface area contributed by atoms with Crippen LogP contribution in [-0.4, -0.2) is 17.4 Å². The topological polar surface area (TPSA) is 68.7 Å². The van der Waals surface area contributed by atoms with E-state index in [-0.39, 0.29) is 11.5 Å². The van der Waals surface area contributed by atoms with Crippen molar-refractivity contribution in [3.8, 4) is 6.07 Å². The summed E-state index contributed by atoms with van der Waals surface area (Å²) < 4.78 is 0. The second kappa shape index (κ2) is 7.16. The number of nitrogens with one attached hydrogen (secondary N) is 2. The highest BCUT2D eigenvalue weighted by atomic mass is 32.1. The van der Waals surface area contributed by atoms with Crippen LogP contribution in [0.25, 0.3) is 17.0 Å². The van der Waals surface area contributed by atoms with Gasteiger partial charge in [0.25, 0.3) is 5.91 Å². The average Bonchev–Trinajstić information content (AvgIpc) is 3.19. The Morgan fingerprint density at radius 3 is 2.92 bits per heavy atom. The Kier molecular flexibility index (Phi) is 4.78. The fraction of sp³-hybridized carbons (Fsp3) is 0.158. The van der Waals surface area contributed by atoms with Gasteiger partial charge in [-0.05, 0) is 43.2 Å². The van der Waals surface area contributed by atoms with Crippen molar-refractivity contribution >= 4 is 34.2 Å². The number of aromatic amines is 1. The molecule has 1 amide bonds. The monoisotopic (exact) mass is 335 g/mol. The van der Waals surface area contributed by atoms with Crippen LogP contribution in [0, 0.1) is 18.3 Å². The van der Waals surface area contributed by atoms with Gasteiger partial charge in [-0.15, -0.1) is 11.3 Å². The van der Waals surface area contributed by atoms with Crippen LogP contribution in [0.4, 0.5) is 0 Å². The molecule has 2 heterocycles. The molecule has 24 heavy (non-hydrogen) atoms. The molecule has 0 bridgehead atoms. The number of carbonyl (C=O) groups is 1. The summed E-state index contributed by atoms with van der Waals surface area (Å²) in [6.45, 7) is 2.48. The maximum Gasteiger partial charge on any atom is 0.261 e. The molecule has 0 aliphatic heterocycles. The van der Waals surface area contributed by atoms with Crippen LogP contribution in [0.3, 0.4) is 0 Å². The molecule has 4 nitrogen and oxygen atoms in total. The van der Waals surface area contributed by atoms with Crippen LogP contribution in [-0.2, 0) is 11.2 Å². The van der Waals surface area contributed by atoms with Gasteiger partial charge < -0.3 is 10.3 Å². The predicted octanol–water partition coefficient (Wildman–Crippen LogP) is 3.80. The summed E-state index contributed by atoms with van der Waals surface area (Å²) in [5, 5.41) is 13.2. The minimum atomic E-state index is -0.330. The highest BCUT2D eigenvalue weighted by Crippen LogP contribution is 2.19. The molecule has 1 aromatic carbocycles. The lowest BCUT2D eigenvalue weighted by Crippen LogP contribution is -2.26. The number of nitriles is 1. The first-order valence-corrected chi connectivity index (χ1v) is 8.50. The van der Waals surface area contributed by atoms with Gasteiger partial charge in [0.1, 0.15) is 11.6 Å². The van der Waals surface area contributed by atoms with Gasteiger partial charge in [-0.2, -0.15) is 5.26 Å². The minimum Gasteiger partial charge on any atom is -0.361 e. The number of amides is 1. The van der Waals surface area contributed by atoms with E-state index in [9.17, 15) is 10.1 Å². The van der Waals surface area contributed by atoms with Gasteiger partial charge in [0, 0.05) is 33.4 Å². The van der Waals surface area contributed by atoms with Crippen molar-refractivity contribution in [1.82, 2.24) is 10.3 Å². The van der Waals surface area contributed by atoms with Crippen molar-refractivity contribution in [2.24, 2.45) is 0 Å². The smallest absolute Gasteiger partial charge is 0.261 e. The van der Waals surface area contributed by atoms with Crippen molar-refractivity contribution in [2.75, 3.05) is 6.54 Å². The zero-order chi connectivity index (χ0) is 16.9. The van der Waals surface area contributed by atoms with E-state index in [0.29, 0.717) is 13.0 Å². The van der Waals surface area contributed by atoms with Gasteiger partial charge >= 0.3 is 0 Å². The Labute approximate surface area is 144 Å². The van der Waals surface area contributed by atoms with E-state index in [1.807, 2.05) is 49.5 Å². The molecule has 0 unspecified atom stereocenters. The summed E-state index contributed by atoms with van der Waals surface area (Å²) in [6, 6.07) is 13.9. The molecular formula is C19H17N3OS. The van der Waals surface area contributed by atoms with Gasteiger partial charge in [0.15, 0.2) is 0 Å². The number of hydrogen-bond acceptors (Lipinski definition) is 3. The second-order valence-corrected chi connectivity index (χ2v) is 6.80. The highest BCUT2D eigenvalue weighted by Gasteiger charge is 2.10. The molecule has 0 radical (unpaired) electrons. The summed E-state index contributed by atoms with van der Waals surface area (Å²) in [6.07, 6.45) is 4.32. The number of H-pyrrole nitrogens is 1. The first-order chi connectivity index (χ1) is 11.7. The number of thiophene rings is 1. The van der Waals surface area contributed by atoms with Crippen molar-refractivity contribution in [3.05, 3.63) is 63.5 Å². The van der Waals surface area contributed by atoms with Gasteiger partial charge in [-0.25, -0.2) is 0 Å². The number of rotatable bonds is 5. The quantitative estimate of drug-likeness (QED) is 0.550. The van der Waals surface area contributed by atoms with Crippen LogP contribution in [0.15, 0.2) is 48.2 Å².